The molecule has 2 heterocycles. The predicted molar refractivity (Wildman–Crippen MR) is 152 cm³/mol. The highest BCUT2D eigenvalue weighted by atomic mass is 16.6. The van der Waals surface area contributed by atoms with Crippen LogP contribution in [0.1, 0.15) is 57.5 Å². The number of benzene rings is 3. The Balaban J connectivity index is 1.09. The molecule has 1 N–H and O–H groups in total. The summed E-state index contributed by atoms with van der Waals surface area (Å²) in [5.74, 6) is -0.444. The number of amides is 2. The molecule has 0 radical (unpaired) electrons. The lowest BCUT2D eigenvalue weighted by molar-refractivity contribution is -0.264. The first-order valence-electron chi connectivity index (χ1n) is 14.3. The standard InChI is InChI=1S/C33H37NO7/c35-30-20-28(39-21-24-12-4-1-5-13-24)31(40-22-25-14-6-2-7-15-25)29(41-30)23-38-19-11-3-10-18-34-32(36)26-16-8-9-17-27(26)33(34)37/h1-2,4-9,12-17,28-31,35H,3,10-11,18-23H2/t28-,29-,30-,31+/m1/s1. The fraction of sp³-hybridized carbons (Fsp3) is 0.394. The highest BCUT2D eigenvalue weighted by molar-refractivity contribution is 6.21. The van der Waals surface area contributed by atoms with E-state index in [0.29, 0.717) is 50.3 Å². The lowest BCUT2D eigenvalue weighted by Gasteiger charge is -2.39. The van der Waals surface area contributed by atoms with E-state index >= 15 is 0 Å². The number of hydrogen-bond acceptors (Lipinski definition) is 7. The number of rotatable bonds is 14. The van der Waals surface area contributed by atoms with Crippen LogP contribution in [0.2, 0.25) is 0 Å². The molecule has 1 saturated heterocycles. The summed E-state index contributed by atoms with van der Waals surface area (Å²) in [6.45, 7) is 1.92. The normalized spacial score (nSPS) is 22.2. The van der Waals surface area contributed by atoms with Crippen molar-refractivity contribution >= 4 is 11.8 Å². The van der Waals surface area contributed by atoms with Gasteiger partial charge in [-0.05, 0) is 42.5 Å². The monoisotopic (exact) mass is 559 g/mol. The first-order chi connectivity index (χ1) is 20.1. The van der Waals surface area contributed by atoms with Crippen LogP contribution in [0.4, 0.5) is 0 Å². The van der Waals surface area contributed by atoms with Crippen LogP contribution < -0.4 is 0 Å². The Labute approximate surface area is 240 Å². The van der Waals surface area contributed by atoms with E-state index in [4.69, 9.17) is 18.9 Å². The summed E-state index contributed by atoms with van der Waals surface area (Å²) >= 11 is 0. The second-order valence-corrected chi connectivity index (χ2v) is 10.4. The first-order valence-corrected chi connectivity index (χ1v) is 14.3. The summed E-state index contributed by atoms with van der Waals surface area (Å²) in [5, 5.41) is 10.5. The zero-order valence-corrected chi connectivity index (χ0v) is 23.1. The van der Waals surface area contributed by atoms with Crippen molar-refractivity contribution < 1.29 is 33.6 Å². The molecule has 0 aliphatic carbocycles. The number of hydrogen-bond donors (Lipinski definition) is 1. The van der Waals surface area contributed by atoms with Crippen LogP contribution in [-0.4, -0.2) is 66.2 Å². The Morgan fingerprint density at radius 2 is 1.34 bits per heavy atom. The molecule has 5 rings (SSSR count). The van der Waals surface area contributed by atoms with Crippen molar-refractivity contribution in [2.75, 3.05) is 19.8 Å². The fourth-order valence-corrected chi connectivity index (χ4v) is 5.26. The predicted octanol–water partition coefficient (Wildman–Crippen LogP) is 4.75. The maximum atomic E-state index is 12.5. The average molecular weight is 560 g/mol. The van der Waals surface area contributed by atoms with Gasteiger partial charge < -0.3 is 24.1 Å². The summed E-state index contributed by atoms with van der Waals surface area (Å²) < 4.78 is 24.4. The van der Waals surface area contributed by atoms with Gasteiger partial charge in [-0.2, -0.15) is 0 Å². The van der Waals surface area contributed by atoms with Gasteiger partial charge in [0.15, 0.2) is 6.29 Å². The molecule has 216 valence electrons. The van der Waals surface area contributed by atoms with Crippen molar-refractivity contribution in [2.24, 2.45) is 0 Å². The van der Waals surface area contributed by atoms with Gasteiger partial charge in [0.2, 0.25) is 0 Å². The summed E-state index contributed by atoms with van der Waals surface area (Å²) in [7, 11) is 0. The Bertz CT molecular complexity index is 1230. The van der Waals surface area contributed by atoms with E-state index in [-0.39, 0.29) is 24.5 Å². The zero-order valence-electron chi connectivity index (χ0n) is 23.1. The number of carbonyl (C=O) groups excluding carboxylic acids is 2. The second kappa shape index (κ2) is 14.5. The molecular formula is C33H37NO7. The van der Waals surface area contributed by atoms with Crippen LogP contribution in [0.3, 0.4) is 0 Å². The minimum atomic E-state index is -0.972. The summed E-state index contributed by atoms with van der Waals surface area (Å²) in [5.41, 5.74) is 3.04. The summed E-state index contributed by atoms with van der Waals surface area (Å²) in [6.07, 6.45) is 0.321. The van der Waals surface area contributed by atoms with Gasteiger partial charge in [-0.25, -0.2) is 0 Å². The number of aliphatic hydroxyl groups is 1. The molecule has 0 spiro atoms. The van der Waals surface area contributed by atoms with Gasteiger partial charge in [0.1, 0.15) is 12.2 Å². The van der Waals surface area contributed by atoms with Crippen molar-refractivity contribution in [3.8, 4) is 0 Å². The van der Waals surface area contributed by atoms with Crippen LogP contribution >= 0.6 is 0 Å². The molecule has 41 heavy (non-hydrogen) atoms. The summed E-state index contributed by atoms with van der Waals surface area (Å²) in [6, 6.07) is 26.8. The van der Waals surface area contributed by atoms with Crippen molar-refractivity contribution in [2.45, 2.75) is 63.5 Å². The molecule has 3 aromatic carbocycles. The number of unbranched alkanes of at least 4 members (excludes halogenated alkanes) is 2. The van der Waals surface area contributed by atoms with E-state index in [1.807, 2.05) is 60.7 Å². The van der Waals surface area contributed by atoms with Gasteiger partial charge in [0.25, 0.3) is 11.8 Å². The maximum Gasteiger partial charge on any atom is 0.261 e. The van der Waals surface area contributed by atoms with Gasteiger partial charge in [0.05, 0.1) is 37.1 Å². The lowest BCUT2D eigenvalue weighted by Crippen LogP contribution is -2.52. The largest absolute Gasteiger partial charge is 0.379 e. The maximum absolute atomic E-state index is 12.5. The number of imide groups is 1. The SMILES string of the molecule is O=C1c2ccccc2C(=O)N1CCCCCOC[C@H]1O[C@@H](O)C[C@@H](OCc2ccccc2)[C@@H]1OCc1ccccc1. The second-order valence-electron chi connectivity index (χ2n) is 10.4. The number of nitrogens with zero attached hydrogens (tertiary/aromatic N) is 1. The number of fused-ring (bicyclic) bond motifs is 1. The molecule has 1 fully saturated rings. The van der Waals surface area contributed by atoms with E-state index in [2.05, 4.69) is 0 Å². The topological polar surface area (TPSA) is 94.5 Å². The van der Waals surface area contributed by atoms with Crippen molar-refractivity contribution in [1.29, 1.82) is 0 Å². The molecule has 2 aliphatic rings. The molecule has 3 aromatic rings. The molecule has 2 aliphatic heterocycles. The third-order valence-electron chi connectivity index (χ3n) is 7.42. The van der Waals surface area contributed by atoms with Crippen LogP contribution in [0.25, 0.3) is 0 Å². The number of aliphatic hydroxyl groups excluding tert-OH is 1. The van der Waals surface area contributed by atoms with E-state index in [1.54, 1.807) is 24.3 Å². The number of ether oxygens (including phenoxy) is 4. The highest BCUT2D eigenvalue weighted by Gasteiger charge is 2.40. The van der Waals surface area contributed by atoms with E-state index in [0.717, 1.165) is 24.0 Å². The fourth-order valence-electron chi connectivity index (χ4n) is 5.26. The van der Waals surface area contributed by atoms with Crippen molar-refractivity contribution in [3.05, 3.63) is 107 Å². The van der Waals surface area contributed by atoms with E-state index < -0.39 is 18.5 Å². The van der Waals surface area contributed by atoms with Crippen molar-refractivity contribution in [1.82, 2.24) is 4.90 Å². The van der Waals surface area contributed by atoms with Crippen LogP contribution in [0, 0.1) is 0 Å². The molecule has 8 nitrogen and oxygen atoms in total. The summed E-state index contributed by atoms with van der Waals surface area (Å²) in [4.78, 5) is 26.4. The van der Waals surface area contributed by atoms with E-state index in [9.17, 15) is 14.7 Å². The van der Waals surface area contributed by atoms with Gasteiger partial charge in [-0.1, -0.05) is 72.8 Å². The third-order valence-corrected chi connectivity index (χ3v) is 7.42. The molecule has 0 aromatic heterocycles. The Hall–Kier alpha value is -3.40. The van der Waals surface area contributed by atoms with Gasteiger partial charge in [-0.3, -0.25) is 14.5 Å². The smallest absolute Gasteiger partial charge is 0.261 e. The minimum Gasteiger partial charge on any atom is -0.379 e. The van der Waals surface area contributed by atoms with Crippen LogP contribution in [-0.2, 0) is 32.2 Å². The van der Waals surface area contributed by atoms with Crippen molar-refractivity contribution in [3.63, 3.8) is 0 Å². The zero-order chi connectivity index (χ0) is 28.4. The Morgan fingerprint density at radius 1 is 0.756 bits per heavy atom. The number of carbonyl (C=O) groups is 2. The lowest BCUT2D eigenvalue weighted by atomic mass is 10.0. The molecule has 0 unspecified atom stereocenters. The molecule has 0 bridgehead atoms. The molecule has 8 heteroatoms. The van der Waals surface area contributed by atoms with Gasteiger partial charge in [-0.15, -0.1) is 0 Å². The minimum absolute atomic E-state index is 0.222. The Morgan fingerprint density at radius 3 is 1.98 bits per heavy atom. The molecule has 2 amide bonds. The molecule has 4 atom stereocenters. The van der Waals surface area contributed by atoms with Crippen LogP contribution in [0.15, 0.2) is 84.9 Å². The van der Waals surface area contributed by atoms with Crippen LogP contribution in [0.5, 0.6) is 0 Å². The average Bonchev–Trinajstić information content (AvgIpc) is 3.24. The third kappa shape index (κ3) is 7.67. The molecular weight excluding hydrogens is 522 g/mol. The Kier molecular flexibility index (Phi) is 10.3. The van der Waals surface area contributed by atoms with Gasteiger partial charge in [0, 0.05) is 19.6 Å². The molecule has 0 saturated carbocycles. The highest BCUT2D eigenvalue weighted by Crippen LogP contribution is 2.27. The first kappa shape index (κ1) is 29.1. The van der Waals surface area contributed by atoms with Gasteiger partial charge >= 0.3 is 0 Å². The van der Waals surface area contributed by atoms with E-state index in [1.165, 1.54) is 4.90 Å². The quantitative estimate of drug-likeness (QED) is 0.225.